The summed E-state index contributed by atoms with van der Waals surface area (Å²) in [6.45, 7) is -0.263. The third-order valence-electron chi connectivity index (χ3n) is 2.63. The number of aliphatic hydroxyl groups is 2. The predicted octanol–water partition coefficient (Wildman–Crippen LogP) is 0.0370. The first-order valence-electron chi connectivity index (χ1n) is 4.88. The lowest BCUT2D eigenvalue weighted by Gasteiger charge is -2.12. The average Bonchev–Trinajstić information content (AvgIpc) is 2.83. The molecule has 3 atom stereocenters. The zero-order valence-electron chi connectivity index (χ0n) is 8.39. The number of hydrogen-bond acceptors (Lipinski definition) is 5. The van der Waals surface area contributed by atoms with Crippen LogP contribution in [-0.4, -0.2) is 38.5 Å². The standard InChI is InChI=1S/C9H12N2O5/c12-5-8-7(13)3-9(16-8)10-2-1-6(4-10)11(14)15/h1-2,4,7-9,12-13H,3,5H2/t7-,8?,9-/m1/s1. The van der Waals surface area contributed by atoms with Crippen molar-refractivity contribution in [2.75, 3.05) is 6.61 Å². The second-order valence-electron chi connectivity index (χ2n) is 3.69. The monoisotopic (exact) mass is 228 g/mol. The fourth-order valence-electron chi connectivity index (χ4n) is 1.75. The third kappa shape index (κ3) is 1.92. The molecule has 1 saturated heterocycles. The Labute approximate surface area is 91.0 Å². The first kappa shape index (κ1) is 11.1. The summed E-state index contributed by atoms with van der Waals surface area (Å²) in [6.07, 6.45) is 1.37. The van der Waals surface area contributed by atoms with Crippen molar-refractivity contribution in [2.24, 2.45) is 0 Å². The number of nitrogens with zero attached hydrogens (tertiary/aromatic N) is 2. The van der Waals surface area contributed by atoms with Gasteiger partial charge in [0.25, 0.3) is 5.69 Å². The Morgan fingerprint density at radius 3 is 2.94 bits per heavy atom. The molecule has 1 aromatic rings. The van der Waals surface area contributed by atoms with Crippen LogP contribution in [-0.2, 0) is 4.74 Å². The van der Waals surface area contributed by atoms with E-state index in [-0.39, 0.29) is 12.3 Å². The van der Waals surface area contributed by atoms with Crippen LogP contribution < -0.4 is 0 Å². The topological polar surface area (TPSA) is 97.8 Å². The van der Waals surface area contributed by atoms with E-state index < -0.39 is 23.4 Å². The zero-order valence-corrected chi connectivity index (χ0v) is 8.39. The molecule has 1 fully saturated rings. The normalized spacial score (nSPS) is 29.5. The molecule has 0 aromatic carbocycles. The van der Waals surface area contributed by atoms with Crippen LogP contribution in [0.4, 0.5) is 5.69 Å². The lowest BCUT2D eigenvalue weighted by Crippen LogP contribution is -2.24. The van der Waals surface area contributed by atoms with Gasteiger partial charge in [-0.05, 0) is 0 Å². The quantitative estimate of drug-likeness (QED) is 0.562. The van der Waals surface area contributed by atoms with E-state index in [0.717, 1.165) is 0 Å². The van der Waals surface area contributed by atoms with Crippen LogP contribution in [0.5, 0.6) is 0 Å². The van der Waals surface area contributed by atoms with E-state index in [1.165, 1.54) is 23.0 Å². The van der Waals surface area contributed by atoms with Gasteiger partial charge in [-0.15, -0.1) is 0 Å². The van der Waals surface area contributed by atoms with Gasteiger partial charge in [-0.2, -0.15) is 0 Å². The maximum absolute atomic E-state index is 10.5. The second-order valence-corrected chi connectivity index (χ2v) is 3.69. The summed E-state index contributed by atoms with van der Waals surface area (Å²) in [5, 5.41) is 28.9. The Kier molecular flexibility index (Phi) is 2.90. The van der Waals surface area contributed by atoms with Gasteiger partial charge in [0.15, 0.2) is 0 Å². The molecule has 7 heteroatoms. The summed E-state index contributed by atoms with van der Waals surface area (Å²) in [5.41, 5.74) is -0.0226. The molecule has 0 aliphatic carbocycles. The van der Waals surface area contributed by atoms with Crippen molar-refractivity contribution in [2.45, 2.75) is 24.9 Å². The Morgan fingerprint density at radius 1 is 1.69 bits per heavy atom. The van der Waals surface area contributed by atoms with Crippen LogP contribution in [0, 0.1) is 10.1 Å². The van der Waals surface area contributed by atoms with Crippen molar-refractivity contribution in [1.29, 1.82) is 0 Å². The number of ether oxygens (including phenoxy) is 1. The predicted molar refractivity (Wildman–Crippen MR) is 52.7 cm³/mol. The fourth-order valence-corrected chi connectivity index (χ4v) is 1.75. The van der Waals surface area contributed by atoms with Crippen molar-refractivity contribution in [1.82, 2.24) is 4.57 Å². The van der Waals surface area contributed by atoms with Crippen LogP contribution in [0.3, 0.4) is 0 Å². The highest BCUT2D eigenvalue weighted by atomic mass is 16.6. The van der Waals surface area contributed by atoms with Gasteiger partial charge in [0.2, 0.25) is 0 Å². The fraction of sp³-hybridized carbons (Fsp3) is 0.556. The molecule has 0 amide bonds. The first-order valence-corrected chi connectivity index (χ1v) is 4.88. The molecule has 2 rings (SSSR count). The van der Waals surface area contributed by atoms with Crippen LogP contribution in [0.1, 0.15) is 12.6 Å². The lowest BCUT2D eigenvalue weighted by atomic mass is 10.2. The highest BCUT2D eigenvalue weighted by Crippen LogP contribution is 2.29. The first-order chi connectivity index (χ1) is 7.61. The van der Waals surface area contributed by atoms with Crippen molar-refractivity contribution in [3.05, 3.63) is 28.6 Å². The molecular formula is C9H12N2O5. The molecule has 2 N–H and O–H groups in total. The molecule has 88 valence electrons. The summed E-state index contributed by atoms with van der Waals surface area (Å²) in [6, 6.07) is 1.36. The average molecular weight is 228 g/mol. The minimum Gasteiger partial charge on any atom is -0.394 e. The molecule has 7 nitrogen and oxygen atoms in total. The van der Waals surface area contributed by atoms with Crippen LogP contribution in [0.2, 0.25) is 0 Å². The third-order valence-corrected chi connectivity index (χ3v) is 2.63. The highest BCUT2D eigenvalue weighted by Gasteiger charge is 2.34. The van der Waals surface area contributed by atoms with Gasteiger partial charge < -0.3 is 19.5 Å². The molecule has 1 aliphatic rings. The van der Waals surface area contributed by atoms with E-state index in [2.05, 4.69) is 0 Å². The Morgan fingerprint density at radius 2 is 2.44 bits per heavy atom. The number of hydrogen-bond donors (Lipinski definition) is 2. The maximum atomic E-state index is 10.5. The van der Waals surface area contributed by atoms with Crippen LogP contribution >= 0.6 is 0 Å². The molecule has 2 heterocycles. The second kappa shape index (κ2) is 4.20. The Hall–Kier alpha value is -1.44. The molecule has 0 bridgehead atoms. The maximum Gasteiger partial charge on any atom is 0.286 e. The van der Waals surface area contributed by atoms with Gasteiger partial charge in [-0.3, -0.25) is 10.1 Å². The minimum absolute atomic E-state index is 0.0226. The van der Waals surface area contributed by atoms with Crippen molar-refractivity contribution < 1.29 is 19.9 Å². The molecule has 1 aliphatic heterocycles. The van der Waals surface area contributed by atoms with E-state index in [0.29, 0.717) is 6.42 Å². The zero-order chi connectivity index (χ0) is 11.7. The van der Waals surface area contributed by atoms with Gasteiger partial charge in [0.1, 0.15) is 12.3 Å². The molecule has 1 unspecified atom stereocenters. The molecular weight excluding hydrogens is 216 g/mol. The summed E-state index contributed by atoms with van der Waals surface area (Å²) in [7, 11) is 0. The largest absolute Gasteiger partial charge is 0.394 e. The van der Waals surface area contributed by atoms with Crippen molar-refractivity contribution >= 4 is 5.69 Å². The van der Waals surface area contributed by atoms with E-state index in [9.17, 15) is 15.2 Å². The summed E-state index contributed by atoms with van der Waals surface area (Å²) < 4.78 is 6.87. The van der Waals surface area contributed by atoms with E-state index >= 15 is 0 Å². The summed E-state index contributed by atoms with van der Waals surface area (Å²) in [4.78, 5) is 9.98. The number of aromatic nitrogens is 1. The van der Waals surface area contributed by atoms with E-state index in [4.69, 9.17) is 9.84 Å². The van der Waals surface area contributed by atoms with E-state index in [1.54, 1.807) is 0 Å². The SMILES string of the molecule is O=[N+]([O-])c1ccn([C@H]2C[C@@H](O)C(CO)O2)c1. The molecule has 0 saturated carbocycles. The van der Waals surface area contributed by atoms with Crippen molar-refractivity contribution in [3.8, 4) is 0 Å². The summed E-state index contributed by atoms with van der Waals surface area (Å²) in [5.74, 6) is 0. The van der Waals surface area contributed by atoms with Gasteiger partial charge in [0, 0.05) is 18.7 Å². The van der Waals surface area contributed by atoms with Gasteiger partial charge in [0.05, 0.1) is 23.8 Å². The molecule has 0 spiro atoms. The van der Waals surface area contributed by atoms with Crippen LogP contribution in [0.15, 0.2) is 18.5 Å². The lowest BCUT2D eigenvalue weighted by molar-refractivity contribution is -0.384. The van der Waals surface area contributed by atoms with Gasteiger partial charge in [-0.1, -0.05) is 0 Å². The van der Waals surface area contributed by atoms with Gasteiger partial charge in [-0.25, -0.2) is 0 Å². The van der Waals surface area contributed by atoms with Crippen molar-refractivity contribution in [3.63, 3.8) is 0 Å². The molecule has 0 radical (unpaired) electrons. The minimum atomic E-state index is -0.739. The Balaban J connectivity index is 2.11. The molecule has 1 aromatic heterocycles. The van der Waals surface area contributed by atoms with Gasteiger partial charge >= 0.3 is 0 Å². The van der Waals surface area contributed by atoms with E-state index in [1.807, 2.05) is 0 Å². The number of nitro groups is 1. The Bertz CT molecular complexity index is 391. The molecule has 16 heavy (non-hydrogen) atoms. The summed E-state index contributed by atoms with van der Waals surface area (Å²) >= 11 is 0. The van der Waals surface area contributed by atoms with Crippen LogP contribution in [0.25, 0.3) is 0 Å². The smallest absolute Gasteiger partial charge is 0.286 e. The number of aliphatic hydroxyl groups excluding tert-OH is 2. The number of rotatable bonds is 3. The highest BCUT2D eigenvalue weighted by molar-refractivity contribution is 5.26.